The van der Waals surface area contributed by atoms with Crippen molar-refractivity contribution in [1.82, 2.24) is 4.90 Å². The Kier molecular flexibility index (Phi) is 4.61. The maximum absolute atomic E-state index is 10.2. The van der Waals surface area contributed by atoms with Crippen LogP contribution in [0.2, 0.25) is 0 Å². The van der Waals surface area contributed by atoms with Crippen molar-refractivity contribution in [3.63, 3.8) is 0 Å². The standard InChI is InChI=1S/C15H23NO2/c1-12-5-3-4-6-15(12)18-11-14(17)13-7-9-16(2)10-8-13/h3-6,13-14,17H,7-11H2,1-2H3. The molecule has 1 aromatic rings. The normalized spacial score (nSPS) is 19.7. The van der Waals surface area contributed by atoms with E-state index in [1.807, 2.05) is 31.2 Å². The second kappa shape index (κ2) is 6.21. The number of aliphatic hydroxyl groups excluding tert-OH is 1. The lowest BCUT2D eigenvalue weighted by molar-refractivity contribution is 0.0297. The van der Waals surface area contributed by atoms with Crippen LogP contribution in [0.5, 0.6) is 5.75 Å². The number of likely N-dealkylation sites (tertiary alicyclic amines) is 1. The Hall–Kier alpha value is -1.06. The zero-order chi connectivity index (χ0) is 13.0. The maximum Gasteiger partial charge on any atom is 0.122 e. The van der Waals surface area contributed by atoms with Crippen molar-refractivity contribution in [3.8, 4) is 5.75 Å². The first-order valence-corrected chi connectivity index (χ1v) is 6.72. The Bertz CT molecular complexity index is 373. The van der Waals surface area contributed by atoms with Crippen LogP contribution in [-0.4, -0.2) is 42.9 Å². The first-order valence-electron chi connectivity index (χ1n) is 6.72. The third kappa shape index (κ3) is 3.47. The van der Waals surface area contributed by atoms with Gasteiger partial charge >= 0.3 is 0 Å². The zero-order valence-electron chi connectivity index (χ0n) is 11.3. The highest BCUT2D eigenvalue weighted by Crippen LogP contribution is 2.22. The highest BCUT2D eigenvalue weighted by Gasteiger charge is 2.24. The van der Waals surface area contributed by atoms with Gasteiger partial charge < -0.3 is 14.7 Å². The van der Waals surface area contributed by atoms with Crippen molar-refractivity contribution < 1.29 is 9.84 Å². The first-order chi connectivity index (χ1) is 8.66. The summed E-state index contributed by atoms with van der Waals surface area (Å²) in [6.45, 7) is 4.58. The lowest BCUT2D eigenvalue weighted by atomic mass is 9.92. The molecule has 3 heteroatoms. The molecule has 0 spiro atoms. The van der Waals surface area contributed by atoms with Gasteiger partial charge in [0.1, 0.15) is 12.4 Å². The van der Waals surface area contributed by atoms with Crippen LogP contribution in [0.25, 0.3) is 0 Å². The number of piperidine rings is 1. The zero-order valence-corrected chi connectivity index (χ0v) is 11.3. The lowest BCUT2D eigenvalue weighted by Crippen LogP contribution is -2.37. The second-order valence-electron chi connectivity index (χ2n) is 5.28. The molecule has 0 bridgehead atoms. The van der Waals surface area contributed by atoms with Crippen molar-refractivity contribution in [3.05, 3.63) is 29.8 Å². The van der Waals surface area contributed by atoms with Crippen LogP contribution in [0.15, 0.2) is 24.3 Å². The van der Waals surface area contributed by atoms with Gasteiger partial charge in [-0.1, -0.05) is 18.2 Å². The van der Waals surface area contributed by atoms with Crippen LogP contribution < -0.4 is 4.74 Å². The monoisotopic (exact) mass is 249 g/mol. The van der Waals surface area contributed by atoms with Gasteiger partial charge in [-0.05, 0) is 57.5 Å². The van der Waals surface area contributed by atoms with E-state index < -0.39 is 0 Å². The predicted octanol–water partition coefficient (Wildman–Crippen LogP) is 2.08. The SMILES string of the molecule is Cc1ccccc1OCC(O)C1CCN(C)CC1. The predicted molar refractivity (Wildman–Crippen MR) is 72.9 cm³/mol. The fraction of sp³-hybridized carbons (Fsp3) is 0.600. The molecule has 1 aromatic carbocycles. The van der Waals surface area contributed by atoms with E-state index in [0.29, 0.717) is 12.5 Å². The molecule has 2 rings (SSSR count). The summed E-state index contributed by atoms with van der Waals surface area (Å²) in [7, 11) is 2.13. The first kappa shape index (κ1) is 13.4. The largest absolute Gasteiger partial charge is 0.491 e. The van der Waals surface area contributed by atoms with Gasteiger partial charge in [0.15, 0.2) is 0 Å². The molecular formula is C15H23NO2. The molecule has 3 nitrogen and oxygen atoms in total. The maximum atomic E-state index is 10.2. The van der Waals surface area contributed by atoms with Crippen LogP contribution in [0.4, 0.5) is 0 Å². The number of rotatable bonds is 4. The average molecular weight is 249 g/mol. The molecule has 100 valence electrons. The number of hydrogen-bond donors (Lipinski definition) is 1. The highest BCUT2D eigenvalue weighted by molar-refractivity contribution is 5.31. The van der Waals surface area contributed by atoms with E-state index in [1.165, 1.54) is 0 Å². The summed E-state index contributed by atoms with van der Waals surface area (Å²) in [4.78, 5) is 2.31. The minimum atomic E-state index is -0.349. The van der Waals surface area contributed by atoms with Crippen molar-refractivity contribution in [1.29, 1.82) is 0 Å². The number of aliphatic hydroxyl groups is 1. The van der Waals surface area contributed by atoms with E-state index in [1.54, 1.807) is 0 Å². The molecule has 0 aromatic heterocycles. The number of para-hydroxylation sites is 1. The molecule has 0 amide bonds. The van der Waals surface area contributed by atoms with E-state index in [2.05, 4.69) is 11.9 Å². The quantitative estimate of drug-likeness (QED) is 0.886. The minimum absolute atomic E-state index is 0.349. The number of ether oxygens (including phenoxy) is 1. The van der Waals surface area contributed by atoms with Gasteiger partial charge in [-0.2, -0.15) is 0 Å². The summed E-state index contributed by atoms with van der Waals surface area (Å²) >= 11 is 0. The summed E-state index contributed by atoms with van der Waals surface area (Å²) in [5.74, 6) is 1.26. The molecular weight excluding hydrogens is 226 g/mol. The van der Waals surface area contributed by atoms with Gasteiger partial charge in [-0.25, -0.2) is 0 Å². The summed E-state index contributed by atoms with van der Waals surface area (Å²) in [6, 6.07) is 7.94. The van der Waals surface area contributed by atoms with Crippen molar-refractivity contribution >= 4 is 0 Å². The molecule has 1 heterocycles. The van der Waals surface area contributed by atoms with Crippen molar-refractivity contribution in [2.75, 3.05) is 26.7 Å². The Morgan fingerprint density at radius 1 is 1.33 bits per heavy atom. The molecule has 1 atom stereocenters. The van der Waals surface area contributed by atoms with Gasteiger partial charge in [0, 0.05) is 0 Å². The number of aryl methyl sites for hydroxylation is 1. The summed E-state index contributed by atoms with van der Waals surface area (Å²) in [5, 5.41) is 10.2. The minimum Gasteiger partial charge on any atom is -0.491 e. The summed E-state index contributed by atoms with van der Waals surface area (Å²) in [6.07, 6.45) is 1.78. The fourth-order valence-electron chi connectivity index (χ4n) is 2.44. The Morgan fingerprint density at radius 3 is 2.67 bits per heavy atom. The van der Waals surface area contributed by atoms with Gasteiger partial charge in [0.2, 0.25) is 0 Å². The summed E-state index contributed by atoms with van der Waals surface area (Å²) in [5.41, 5.74) is 1.12. The van der Waals surface area contributed by atoms with Crippen LogP contribution in [0, 0.1) is 12.8 Å². The number of hydrogen-bond acceptors (Lipinski definition) is 3. The van der Waals surface area contributed by atoms with Crippen LogP contribution in [0.3, 0.4) is 0 Å². The van der Waals surface area contributed by atoms with E-state index in [0.717, 1.165) is 37.2 Å². The Labute approximate surface area is 109 Å². The van der Waals surface area contributed by atoms with Gasteiger partial charge in [-0.15, -0.1) is 0 Å². The van der Waals surface area contributed by atoms with Crippen LogP contribution in [0.1, 0.15) is 18.4 Å². The highest BCUT2D eigenvalue weighted by atomic mass is 16.5. The molecule has 1 N–H and O–H groups in total. The Morgan fingerprint density at radius 2 is 2.00 bits per heavy atom. The molecule has 0 radical (unpaired) electrons. The molecule has 1 saturated heterocycles. The van der Waals surface area contributed by atoms with E-state index in [-0.39, 0.29) is 6.10 Å². The number of nitrogens with zero attached hydrogens (tertiary/aromatic N) is 1. The van der Waals surface area contributed by atoms with Crippen LogP contribution in [-0.2, 0) is 0 Å². The van der Waals surface area contributed by atoms with Crippen molar-refractivity contribution in [2.24, 2.45) is 5.92 Å². The molecule has 18 heavy (non-hydrogen) atoms. The average Bonchev–Trinajstić information content (AvgIpc) is 2.38. The fourth-order valence-corrected chi connectivity index (χ4v) is 2.44. The smallest absolute Gasteiger partial charge is 0.122 e. The molecule has 1 unspecified atom stereocenters. The van der Waals surface area contributed by atoms with E-state index in [4.69, 9.17) is 4.74 Å². The number of benzene rings is 1. The Balaban J connectivity index is 1.81. The van der Waals surface area contributed by atoms with Crippen molar-refractivity contribution in [2.45, 2.75) is 25.9 Å². The van der Waals surface area contributed by atoms with Crippen LogP contribution >= 0.6 is 0 Å². The van der Waals surface area contributed by atoms with Gasteiger partial charge in [0.05, 0.1) is 6.10 Å². The topological polar surface area (TPSA) is 32.7 Å². The van der Waals surface area contributed by atoms with Gasteiger partial charge in [0.25, 0.3) is 0 Å². The molecule has 0 saturated carbocycles. The van der Waals surface area contributed by atoms with E-state index >= 15 is 0 Å². The molecule has 1 aliphatic rings. The third-order valence-corrected chi connectivity index (χ3v) is 3.81. The summed E-state index contributed by atoms with van der Waals surface area (Å²) < 4.78 is 5.72. The lowest BCUT2D eigenvalue weighted by Gasteiger charge is -2.31. The third-order valence-electron chi connectivity index (χ3n) is 3.81. The molecule has 1 aliphatic heterocycles. The van der Waals surface area contributed by atoms with Gasteiger partial charge in [-0.3, -0.25) is 0 Å². The molecule has 1 fully saturated rings. The molecule has 0 aliphatic carbocycles. The van der Waals surface area contributed by atoms with E-state index in [9.17, 15) is 5.11 Å². The second-order valence-corrected chi connectivity index (χ2v) is 5.28.